The summed E-state index contributed by atoms with van der Waals surface area (Å²) in [5, 5.41) is 19.0. The van der Waals surface area contributed by atoms with Crippen LogP contribution in [-0.2, 0) is 48.4 Å². The van der Waals surface area contributed by atoms with Crippen molar-refractivity contribution in [1.29, 1.82) is 0 Å². The minimum Gasteiger partial charge on any atom is -0.459 e. The van der Waals surface area contributed by atoms with Gasteiger partial charge in [-0.3, -0.25) is 9.59 Å². The fourth-order valence-corrected chi connectivity index (χ4v) is 6.95. The van der Waals surface area contributed by atoms with Crippen molar-refractivity contribution in [3.8, 4) is 16.9 Å². The number of nitrogens with one attached hydrogen (secondary N) is 3. The number of ether oxygens (including phenoxy) is 3. The zero-order valence-corrected chi connectivity index (χ0v) is 36.6. The molecule has 19 heteroatoms. The molecule has 0 saturated carbocycles. The van der Waals surface area contributed by atoms with Gasteiger partial charge in [-0.05, 0) is 53.3 Å². The van der Waals surface area contributed by atoms with Crippen molar-refractivity contribution in [3.63, 3.8) is 0 Å². The van der Waals surface area contributed by atoms with Crippen LogP contribution in [0.4, 0.5) is 26.7 Å². The molecule has 3 amide bonds. The first kappa shape index (κ1) is 50.9. The summed E-state index contributed by atoms with van der Waals surface area (Å²) in [6.07, 6.45) is -6.60. The average molecular weight is 936 g/mol. The summed E-state index contributed by atoms with van der Waals surface area (Å²) in [5.41, 5.74) is 7.50. The lowest BCUT2D eigenvalue weighted by atomic mass is 9.74. The number of hydrogen-bond donors (Lipinski definition) is 5. The van der Waals surface area contributed by atoms with Crippen molar-refractivity contribution < 1.29 is 65.2 Å². The number of alkyl halides is 3. The lowest BCUT2D eigenvalue weighted by Gasteiger charge is -2.35. The molecule has 6 N–H and O–H groups in total. The maximum absolute atomic E-state index is 15.0. The van der Waals surface area contributed by atoms with Crippen LogP contribution in [0.5, 0.6) is 5.75 Å². The number of rotatable bonds is 19. The Kier molecular flexibility index (Phi) is 17.4. The second-order valence-electron chi connectivity index (χ2n) is 16.5. The molecule has 14 nitrogen and oxygen atoms in total. The van der Waals surface area contributed by atoms with E-state index in [1.807, 2.05) is 30.3 Å². The molecule has 1 aromatic heterocycles. The molecule has 0 aliphatic rings. The van der Waals surface area contributed by atoms with E-state index in [1.54, 1.807) is 67.9 Å². The number of para-hydroxylation sites is 1. The van der Waals surface area contributed by atoms with Crippen molar-refractivity contribution in [2.75, 3.05) is 13.1 Å². The van der Waals surface area contributed by atoms with Crippen molar-refractivity contribution in [3.05, 3.63) is 149 Å². The maximum atomic E-state index is 15.0. The van der Waals surface area contributed by atoms with Gasteiger partial charge in [0.25, 0.3) is 0 Å². The van der Waals surface area contributed by atoms with E-state index in [-0.39, 0.29) is 37.2 Å². The highest BCUT2D eigenvalue weighted by atomic mass is 19.4. The van der Waals surface area contributed by atoms with Crippen LogP contribution >= 0.6 is 0 Å². The molecule has 0 saturated heterocycles. The lowest BCUT2D eigenvalue weighted by Crippen LogP contribution is -2.54. The van der Waals surface area contributed by atoms with Crippen LogP contribution in [0.25, 0.3) is 11.1 Å². The van der Waals surface area contributed by atoms with Gasteiger partial charge in [0.15, 0.2) is 0 Å². The zero-order chi connectivity index (χ0) is 48.9. The van der Waals surface area contributed by atoms with E-state index >= 15 is 4.39 Å². The summed E-state index contributed by atoms with van der Waals surface area (Å²) in [6, 6.07) is 24.4. The molecular formula is C48H50F5N5O9. The highest BCUT2D eigenvalue weighted by Gasteiger charge is 2.42. The van der Waals surface area contributed by atoms with E-state index < -0.39 is 96.1 Å². The first-order valence-corrected chi connectivity index (χ1v) is 20.9. The Morgan fingerprint density at radius 2 is 1.42 bits per heavy atom. The second kappa shape index (κ2) is 22.9. The normalized spacial score (nSPS) is 13.3. The predicted octanol–water partition coefficient (Wildman–Crippen LogP) is 6.43. The fraction of sp³-hybridized carbons (Fsp3) is 0.312. The molecule has 0 aliphatic carbocycles. The van der Waals surface area contributed by atoms with Gasteiger partial charge < -0.3 is 45.6 Å². The number of aliphatic hydroxyl groups excluding tert-OH is 1. The van der Waals surface area contributed by atoms with E-state index in [2.05, 4.69) is 20.7 Å². The number of aliphatic hydroxyl groups is 1. The number of hydrogen-bond acceptors (Lipinski definition) is 10. The number of nitrogens with zero attached hydrogens (tertiary/aromatic N) is 1. The minimum atomic E-state index is -5.31. The second-order valence-corrected chi connectivity index (χ2v) is 16.5. The van der Waals surface area contributed by atoms with Crippen molar-refractivity contribution in [2.45, 2.75) is 77.2 Å². The van der Waals surface area contributed by atoms with Gasteiger partial charge in [0.1, 0.15) is 42.7 Å². The van der Waals surface area contributed by atoms with Gasteiger partial charge in [0.2, 0.25) is 11.8 Å². The summed E-state index contributed by atoms with van der Waals surface area (Å²) >= 11 is 0. The number of carbonyl (C=O) groups excluding carboxylic acids is 5. The highest BCUT2D eigenvalue weighted by molar-refractivity contribution is 5.88. The number of halogens is 5. The van der Waals surface area contributed by atoms with Crippen LogP contribution in [0.3, 0.4) is 0 Å². The third-order valence-electron chi connectivity index (χ3n) is 10.3. The number of nitrogens with two attached hydrogens (primary N) is 1. The van der Waals surface area contributed by atoms with Gasteiger partial charge in [-0.2, -0.15) is 13.2 Å². The smallest absolute Gasteiger partial charge is 0.459 e. The number of benzene rings is 4. The van der Waals surface area contributed by atoms with Crippen molar-refractivity contribution >= 4 is 29.8 Å². The molecule has 0 spiro atoms. The molecule has 0 bridgehead atoms. The van der Waals surface area contributed by atoms with Gasteiger partial charge in [-0.15, -0.1) is 0 Å². The van der Waals surface area contributed by atoms with Crippen LogP contribution in [0.1, 0.15) is 55.5 Å². The average Bonchev–Trinajstić information content (AvgIpc) is 3.68. The standard InChI is InChI=1S/C48H50F5N5O9/c1-47(2,3)40(38-22-32(34-23-33(49)18-19-35(34)50)26-58(38)25-29-12-6-4-7-13-29)41(59)43(61)55-21-20-36(54)42(60)57-37(24-56-46(64)66-27-30-14-8-5-9-15-30)44(62)65-28-31-16-10-11-17-39(31)67-45(63)48(51,52)53/h4-19,22-23,26,36-37,40-41,59H,20-21,24-25,27-28,54H2,1-3H3,(H,55,61)(H,56,64)(H,57,60)/t36-,37?,40+,41-/m0/s1. The summed E-state index contributed by atoms with van der Waals surface area (Å²) < 4.78 is 84.7. The van der Waals surface area contributed by atoms with Crippen molar-refractivity contribution in [2.24, 2.45) is 11.1 Å². The van der Waals surface area contributed by atoms with Crippen LogP contribution in [0, 0.1) is 17.0 Å². The van der Waals surface area contributed by atoms with Gasteiger partial charge in [0.05, 0.1) is 12.6 Å². The Balaban J connectivity index is 1.26. The van der Waals surface area contributed by atoms with E-state index in [9.17, 15) is 46.6 Å². The van der Waals surface area contributed by atoms with Gasteiger partial charge in [-0.1, -0.05) is 99.6 Å². The maximum Gasteiger partial charge on any atom is 0.491 e. The summed E-state index contributed by atoms with van der Waals surface area (Å²) in [7, 11) is 0. The van der Waals surface area contributed by atoms with Gasteiger partial charge in [0, 0.05) is 47.6 Å². The third-order valence-corrected chi connectivity index (χ3v) is 10.3. The van der Waals surface area contributed by atoms with Crippen LogP contribution in [0.2, 0.25) is 0 Å². The van der Waals surface area contributed by atoms with Crippen LogP contribution < -0.4 is 26.4 Å². The molecule has 0 radical (unpaired) electrons. The molecular weight excluding hydrogens is 886 g/mol. The van der Waals surface area contributed by atoms with Crippen LogP contribution in [-0.4, -0.2) is 77.0 Å². The molecule has 4 aromatic carbocycles. The van der Waals surface area contributed by atoms with Crippen molar-refractivity contribution in [1.82, 2.24) is 20.5 Å². The highest BCUT2D eigenvalue weighted by Crippen LogP contribution is 2.41. The number of amides is 3. The quantitative estimate of drug-likeness (QED) is 0.0349. The Morgan fingerprint density at radius 1 is 0.776 bits per heavy atom. The first-order chi connectivity index (χ1) is 31.7. The monoisotopic (exact) mass is 935 g/mol. The van der Waals surface area contributed by atoms with Gasteiger partial charge >= 0.3 is 24.2 Å². The SMILES string of the molecule is CC(C)(C)[C@H](c1cc(-c2cc(F)ccc2F)cn1Cc1ccccc1)[C@H](O)C(=O)NCC[C@H](N)C(=O)NC(CNC(=O)OCc1ccccc1)C(=O)OCc1ccccc1OC(=O)C(F)(F)F. The zero-order valence-electron chi connectivity index (χ0n) is 36.6. The first-order valence-electron chi connectivity index (χ1n) is 20.9. The summed E-state index contributed by atoms with van der Waals surface area (Å²) in [4.78, 5) is 64.5. The Labute approximate surface area is 382 Å². The topological polar surface area (TPSA) is 200 Å². The fourth-order valence-electron chi connectivity index (χ4n) is 6.95. The van der Waals surface area contributed by atoms with E-state index in [0.29, 0.717) is 16.8 Å². The summed E-state index contributed by atoms with van der Waals surface area (Å²) in [6.45, 7) is 3.96. The third kappa shape index (κ3) is 14.7. The van der Waals surface area contributed by atoms with E-state index in [1.165, 1.54) is 18.2 Å². The Morgan fingerprint density at radius 3 is 2.07 bits per heavy atom. The number of alkyl carbamates (subject to hydrolysis) is 1. The number of carbonyl (C=O) groups is 5. The Bertz CT molecular complexity index is 2500. The number of esters is 2. The molecule has 356 valence electrons. The molecule has 0 aliphatic heterocycles. The minimum absolute atomic E-state index is 0.0151. The molecule has 5 rings (SSSR count). The van der Waals surface area contributed by atoms with E-state index in [4.69, 9.17) is 15.2 Å². The molecule has 1 heterocycles. The largest absolute Gasteiger partial charge is 0.491 e. The number of aromatic nitrogens is 1. The summed E-state index contributed by atoms with van der Waals surface area (Å²) in [5.74, 6) is -8.25. The van der Waals surface area contributed by atoms with Crippen LogP contribution in [0.15, 0.2) is 115 Å². The van der Waals surface area contributed by atoms with Gasteiger partial charge in [-0.25, -0.2) is 23.2 Å². The molecule has 5 aromatic rings. The lowest BCUT2D eigenvalue weighted by molar-refractivity contribution is -0.189. The predicted molar refractivity (Wildman–Crippen MR) is 234 cm³/mol. The van der Waals surface area contributed by atoms with E-state index in [0.717, 1.165) is 29.8 Å². The molecule has 67 heavy (non-hydrogen) atoms. The Hall–Kier alpha value is -7.12. The molecule has 1 unspecified atom stereocenters. The molecule has 4 atom stereocenters. The molecule has 0 fully saturated rings.